The maximum Gasteiger partial charge on any atom is 0.231 e. The van der Waals surface area contributed by atoms with Crippen LogP contribution in [0.2, 0.25) is 0 Å². The normalized spacial score (nSPS) is 9.85. The van der Waals surface area contributed by atoms with Crippen LogP contribution in [0.15, 0.2) is 18.3 Å². The minimum Gasteiger partial charge on any atom is -0.493 e. The van der Waals surface area contributed by atoms with Crippen molar-refractivity contribution in [3.05, 3.63) is 29.5 Å². The molecule has 142 valence electrons. The summed E-state index contributed by atoms with van der Waals surface area (Å²) in [6, 6.07) is 3.68. The minimum atomic E-state index is -0.170. The maximum absolute atomic E-state index is 11.4. The first kappa shape index (κ1) is 21.3. The number of carbonyl (C=O) groups excluding carboxylic acids is 1. The molecule has 2 aromatic rings. The molecule has 1 aromatic carbocycles. The molecule has 1 amide bonds. The van der Waals surface area contributed by atoms with Crippen LogP contribution in [0, 0.1) is 0 Å². The van der Waals surface area contributed by atoms with Crippen LogP contribution in [0.3, 0.4) is 0 Å². The number of hydrogen-bond acceptors (Lipinski definition) is 7. The molecule has 0 fully saturated rings. The zero-order valence-corrected chi connectivity index (χ0v) is 16.0. The van der Waals surface area contributed by atoms with E-state index in [2.05, 4.69) is 15.3 Å². The Morgan fingerprint density at radius 1 is 1.15 bits per heavy atom. The summed E-state index contributed by atoms with van der Waals surface area (Å²) < 4.78 is 16.0. The number of anilines is 2. The van der Waals surface area contributed by atoms with Crippen LogP contribution in [-0.4, -0.2) is 37.2 Å². The van der Waals surface area contributed by atoms with E-state index in [1.807, 2.05) is 12.1 Å². The van der Waals surface area contributed by atoms with E-state index >= 15 is 0 Å². The first-order valence-electron chi connectivity index (χ1n) is 7.72. The standard InChI is InChI=1S/C17H22N4O4.ClH/c1-5-14(22)20-17-19-9-11(16(18)21-17)6-10-7-12(23-2)15(25-4)13(8-10)24-3;/h7-9H,5-6H2,1-4H3,(H3,18,19,20,21,22);1H. The molecule has 0 atom stereocenters. The lowest BCUT2D eigenvalue weighted by Gasteiger charge is -2.14. The Bertz CT molecular complexity index is 745. The SMILES string of the molecule is CCC(=O)Nc1ncc(Cc2cc(OC)c(OC)c(OC)c2)c(N)n1.Cl. The van der Waals surface area contributed by atoms with E-state index in [1.54, 1.807) is 34.4 Å². The number of amides is 1. The van der Waals surface area contributed by atoms with Gasteiger partial charge in [-0.2, -0.15) is 4.98 Å². The molecule has 2 rings (SSSR count). The average Bonchev–Trinajstić information content (AvgIpc) is 2.62. The number of aromatic nitrogens is 2. The Kier molecular flexibility index (Phi) is 7.92. The Balaban J connectivity index is 0.00000338. The van der Waals surface area contributed by atoms with E-state index in [-0.39, 0.29) is 24.3 Å². The third kappa shape index (κ3) is 4.89. The van der Waals surface area contributed by atoms with E-state index in [1.165, 1.54) is 0 Å². The number of nitrogens with zero attached hydrogens (tertiary/aromatic N) is 2. The minimum absolute atomic E-state index is 0. The molecule has 0 aliphatic heterocycles. The van der Waals surface area contributed by atoms with Crippen molar-refractivity contribution < 1.29 is 19.0 Å². The van der Waals surface area contributed by atoms with Gasteiger partial charge in [0.05, 0.1) is 21.3 Å². The lowest BCUT2D eigenvalue weighted by Crippen LogP contribution is -2.13. The van der Waals surface area contributed by atoms with Crippen molar-refractivity contribution in [1.29, 1.82) is 0 Å². The molecule has 26 heavy (non-hydrogen) atoms. The molecule has 3 N–H and O–H groups in total. The van der Waals surface area contributed by atoms with Gasteiger partial charge in [0.1, 0.15) is 5.82 Å². The maximum atomic E-state index is 11.4. The lowest BCUT2D eigenvalue weighted by molar-refractivity contribution is -0.115. The predicted octanol–water partition coefficient (Wildman–Crippen LogP) is 2.45. The monoisotopic (exact) mass is 382 g/mol. The summed E-state index contributed by atoms with van der Waals surface area (Å²) in [6.45, 7) is 1.75. The lowest BCUT2D eigenvalue weighted by atomic mass is 10.1. The summed E-state index contributed by atoms with van der Waals surface area (Å²) in [5, 5.41) is 2.58. The molecule has 0 aliphatic carbocycles. The van der Waals surface area contributed by atoms with Crippen molar-refractivity contribution in [2.45, 2.75) is 19.8 Å². The number of rotatable bonds is 7. The molecule has 0 saturated heterocycles. The van der Waals surface area contributed by atoms with Crippen LogP contribution < -0.4 is 25.3 Å². The number of nitrogens with one attached hydrogen (secondary N) is 1. The van der Waals surface area contributed by atoms with Crippen molar-refractivity contribution in [3.63, 3.8) is 0 Å². The molecule has 0 unspecified atom stereocenters. The second-order valence-corrected chi connectivity index (χ2v) is 5.22. The van der Waals surface area contributed by atoms with Crippen LogP contribution >= 0.6 is 12.4 Å². The van der Waals surface area contributed by atoms with Gasteiger partial charge >= 0.3 is 0 Å². The molecule has 1 heterocycles. The van der Waals surface area contributed by atoms with Gasteiger partial charge in [-0.15, -0.1) is 12.4 Å². The van der Waals surface area contributed by atoms with Crippen LogP contribution in [0.4, 0.5) is 11.8 Å². The van der Waals surface area contributed by atoms with Crippen molar-refractivity contribution in [1.82, 2.24) is 9.97 Å². The van der Waals surface area contributed by atoms with Crippen molar-refractivity contribution >= 4 is 30.1 Å². The van der Waals surface area contributed by atoms with Crippen LogP contribution in [0.5, 0.6) is 17.2 Å². The predicted molar refractivity (Wildman–Crippen MR) is 102 cm³/mol. The van der Waals surface area contributed by atoms with E-state index in [0.717, 1.165) is 11.1 Å². The molecular weight excluding hydrogens is 360 g/mol. The number of benzene rings is 1. The van der Waals surface area contributed by atoms with Gasteiger partial charge in [0.2, 0.25) is 17.6 Å². The van der Waals surface area contributed by atoms with Gasteiger partial charge in [0.25, 0.3) is 0 Å². The summed E-state index contributed by atoms with van der Waals surface area (Å²) in [4.78, 5) is 19.7. The highest BCUT2D eigenvalue weighted by molar-refractivity contribution is 5.88. The fraction of sp³-hybridized carbons (Fsp3) is 0.353. The van der Waals surface area contributed by atoms with Crippen LogP contribution in [0.25, 0.3) is 0 Å². The topological polar surface area (TPSA) is 109 Å². The number of carbonyl (C=O) groups is 1. The molecule has 1 aromatic heterocycles. The summed E-state index contributed by atoms with van der Waals surface area (Å²) in [5.74, 6) is 1.96. The van der Waals surface area contributed by atoms with Gasteiger partial charge in [0.15, 0.2) is 11.5 Å². The number of nitrogens with two attached hydrogens (primary N) is 1. The molecule has 0 spiro atoms. The Morgan fingerprint density at radius 2 is 1.77 bits per heavy atom. The smallest absolute Gasteiger partial charge is 0.231 e. The fourth-order valence-electron chi connectivity index (χ4n) is 2.29. The van der Waals surface area contributed by atoms with Gasteiger partial charge in [0, 0.05) is 24.6 Å². The van der Waals surface area contributed by atoms with Gasteiger partial charge in [-0.1, -0.05) is 6.92 Å². The second-order valence-electron chi connectivity index (χ2n) is 5.22. The molecule has 0 bridgehead atoms. The van der Waals surface area contributed by atoms with Gasteiger partial charge in [-0.3, -0.25) is 10.1 Å². The summed E-state index contributed by atoms with van der Waals surface area (Å²) in [7, 11) is 4.67. The average molecular weight is 383 g/mol. The van der Waals surface area contributed by atoms with Crippen LogP contribution in [-0.2, 0) is 11.2 Å². The molecule has 0 radical (unpaired) electrons. The number of methoxy groups -OCH3 is 3. The summed E-state index contributed by atoms with van der Waals surface area (Å²) in [5.41, 5.74) is 7.62. The highest BCUT2D eigenvalue weighted by atomic mass is 35.5. The second kappa shape index (κ2) is 9.67. The first-order chi connectivity index (χ1) is 12.0. The molecule has 0 saturated carbocycles. The van der Waals surface area contributed by atoms with Gasteiger partial charge in [-0.05, 0) is 17.7 Å². The molecular formula is C17H23ClN4O4. The number of hydrogen-bond donors (Lipinski definition) is 2. The Labute approximate surface area is 158 Å². The number of ether oxygens (including phenoxy) is 3. The highest BCUT2D eigenvalue weighted by Gasteiger charge is 2.15. The number of nitrogen functional groups attached to an aromatic ring is 1. The third-order valence-corrected chi connectivity index (χ3v) is 3.59. The summed E-state index contributed by atoms with van der Waals surface area (Å²) in [6.07, 6.45) is 2.41. The van der Waals surface area contributed by atoms with Crippen LogP contribution in [0.1, 0.15) is 24.5 Å². The Hall–Kier alpha value is -2.74. The van der Waals surface area contributed by atoms with E-state index in [4.69, 9.17) is 19.9 Å². The van der Waals surface area contributed by atoms with Gasteiger partial charge in [-0.25, -0.2) is 4.98 Å². The third-order valence-electron chi connectivity index (χ3n) is 3.59. The van der Waals surface area contributed by atoms with Crippen molar-refractivity contribution in [3.8, 4) is 17.2 Å². The quantitative estimate of drug-likeness (QED) is 0.756. The Morgan fingerprint density at radius 3 is 2.23 bits per heavy atom. The fourth-order valence-corrected chi connectivity index (χ4v) is 2.29. The summed E-state index contributed by atoms with van der Waals surface area (Å²) >= 11 is 0. The molecule has 8 nitrogen and oxygen atoms in total. The number of halogens is 1. The van der Waals surface area contributed by atoms with E-state index < -0.39 is 0 Å². The molecule has 9 heteroatoms. The van der Waals surface area contributed by atoms with Crippen molar-refractivity contribution in [2.75, 3.05) is 32.4 Å². The highest BCUT2D eigenvalue weighted by Crippen LogP contribution is 2.38. The van der Waals surface area contributed by atoms with Crippen molar-refractivity contribution in [2.24, 2.45) is 0 Å². The zero-order valence-electron chi connectivity index (χ0n) is 15.2. The first-order valence-corrected chi connectivity index (χ1v) is 7.72. The molecule has 0 aliphatic rings. The zero-order chi connectivity index (χ0) is 18.4. The van der Waals surface area contributed by atoms with E-state index in [9.17, 15) is 4.79 Å². The van der Waals surface area contributed by atoms with Gasteiger partial charge < -0.3 is 19.9 Å². The van der Waals surface area contributed by atoms with E-state index in [0.29, 0.717) is 35.9 Å². The largest absolute Gasteiger partial charge is 0.493 e.